The van der Waals surface area contributed by atoms with E-state index in [4.69, 9.17) is 0 Å². The third-order valence-corrected chi connectivity index (χ3v) is 7.16. The Balaban J connectivity index is 2.02. The van der Waals surface area contributed by atoms with Gasteiger partial charge >= 0.3 is 17.8 Å². The average Bonchev–Trinajstić information content (AvgIpc) is 3.11. The Morgan fingerprint density at radius 1 is 0.625 bits per heavy atom. The lowest BCUT2D eigenvalue weighted by atomic mass is 9.88. The molecule has 0 saturated heterocycles. The minimum Gasteiger partial charge on any atom is -0.194 e. The summed E-state index contributed by atoms with van der Waals surface area (Å²) in [6.45, 7) is 2.96. The number of rotatable bonds is 2. The molecule has 3 aromatic carbocycles. The Labute approximate surface area is 183 Å². The summed E-state index contributed by atoms with van der Waals surface area (Å²) < 4.78 is 91.6. The van der Waals surface area contributed by atoms with Crippen molar-refractivity contribution in [3.63, 3.8) is 0 Å². The summed E-state index contributed by atoms with van der Waals surface area (Å²) in [5, 5.41) is 0.986. The smallest absolute Gasteiger partial charge is 0.194 e. The van der Waals surface area contributed by atoms with Gasteiger partial charge in [-0.1, -0.05) is 54.6 Å². The van der Waals surface area contributed by atoms with Gasteiger partial charge in [-0.05, 0) is 41.8 Å². The molecular weight excluding hydrogens is 446 g/mol. The summed E-state index contributed by atoms with van der Waals surface area (Å²) in [5.74, 6) is -15.7. The first-order valence-corrected chi connectivity index (χ1v) is 10.7. The van der Waals surface area contributed by atoms with Crippen LogP contribution >= 0.6 is 11.3 Å². The summed E-state index contributed by atoms with van der Waals surface area (Å²) in [6.07, 6.45) is 0. The lowest BCUT2D eigenvalue weighted by Gasteiger charge is -2.26. The molecule has 7 heteroatoms. The zero-order chi connectivity index (χ0) is 23.1. The van der Waals surface area contributed by atoms with Crippen LogP contribution in [-0.2, 0) is 0 Å². The van der Waals surface area contributed by atoms with Crippen molar-refractivity contribution in [1.29, 1.82) is 0 Å². The van der Waals surface area contributed by atoms with Crippen LogP contribution in [0, 0.1) is 13.8 Å². The van der Waals surface area contributed by atoms with Crippen LogP contribution < -0.4 is 0 Å². The monoisotopic (exact) mass is 462 g/mol. The van der Waals surface area contributed by atoms with Crippen molar-refractivity contribution in [3.8, 4) is 0 Å². The molecule has 164 valence electrons. The predicted octanol–water partition coefficient (Wildman–Crippen LogP) is 8.50. The lowest BCUT2D eigenvalue weighted by molar-refractivity contribution is -0.254. The van der Waals surface area contributed by atoms with Crippen LogP contribution in [0.5, 0.6) is 0 Å². The second-order valence-corrected chi connectivity index (χ2v) is 9.24. The Morgan fingerprint density at radius 2 is 1.19 bits per heavy atom. The molecule has 1 heterocycles. The molecule has 0 nitrogen and oxygen atoms in total. The van der Waals surface area contributed by atoms with E-state index in [1.165, 1.54) is 32.0 Å². The standard InChI is InChI=1S/C25H16F6S/c1-13-11-12-15-7-3-4-8-16(15)19(13)21-22(24(28,29)25(30,31)23(21,26)27)20-14(2)32-18-10-6-5-9-17(18)20/h3-12H,1-2H3. The van der Waals surface area contributed by atoms with Crippen LogP contribution in [0.4, 0.5) is 26.3 Å². The van der Waals surface area contributed by atoms with Gasteiger partial charge in [-0.25, -0.2) is 0 Å². The number of allylic oxidation sites excluding steroid dienone is 2. The second-order valence-electron chi connectivity index (χ2n) is 7.98. The molecule has 0 fully saturated rings. The highest BCUT2D eigenvalue weighted by molar-refractivity contribution is 7.19. The van der Waals surface area contributed by atoms with Crippen molar-refractivity contribution in [2.24, 2.45) is 0 Å². The minimum atomic E-state index is -5.58. The Bertz CT molecular complexity index is 1430. The van der Waals surface area contributed by atoms with Crippen LogP contribution in [0.1, 0.15) is 21.6 Å². The lowest BCUT2D eigenvalue weighted by Crippen LogP contribution is -2.49. The van der Waals surface area contributed by atoms with Crippen molar-refractivity contribution < 1.29 is 26.3 Å². The summed E-state index contributed by atoms with van der Waals surface area (Å²) in [6, 6.07) is 15.9. The fourth-order valence-corrected chi connectivity index (χ4v) is 5.65. The molecule has 1 aliphatic carbocycles. The van der Waals surface area contributed by atoms with Gasteiger partial charge in [0.15, 0.2) is 0 Å². The Hall–Kier alpha value is -2.80. The molecule has 0 unspecified atom stereocenters. The molecule has 5 rings (SSSR count). The highest BCUT2D eigenvalue weighted by Crippen LogP contribution is 2.66. The molecule has 4 aromatic rings. The zero-order valence-corrected chi connectivity index (χ0v) is 17.8. The maximum atomic E-state index is 15.4. The molecule has 0 amide bonds. The average molecular weight is 462 g/mol. The van der Waals surface area contributed by atoms with Crippen molar-refractivity contribution in [3.05, 3.63) is 82.2 Å². The fraction of sp³-hybridized carbons (Fsp3) is 0.200. The van der Waals surface area contributed by atoms with Crippen LogP contribution in [0.3, 0.4) is 0 Å². The van der Waals surface area contributed by atoms with E-state index >= 15 is 17.6 Å². The van der Waals surface area contributed by atoms with Crippen LogP contribution in [-0.4, -0.2) is 17.8 Å². The number of halogens is 6. The van der Waals surface area contributed by atoms with Gasteiger partial charge in [0.05, 0.1) is 0 Å². The van der Waals surface area contributed by atoms with Gasteiger partial charge in [0, 0.05) is 31.7 Å². The molecule has 0 bridgehead atoms. The SMILES string of the molecule is Cc1ccc2ccccc2c1C1=C(c2c(C)sc3ccccc23)C(F)(F)C(F)(F)C1(F)F. The first-order valence-electron chi connectivity index (χ1n) is 9.86. The van der Waals surface area contributed by atoms with E-state index in [1.54, 1.807) is 42.5 Å². The van der Waals surface area contributed by atoms with E-state index in [0.29, 0.717) is 10.1 Å². The fourth-order valence-electron chi connectivity index (χ4n) is 4.58. The minimum absolute atomic E-state index is 0.224. The van der Waals surface area contributed by atoms with E-state index in [2.05, 4.69) is 0 Å². The summed E-state index contributed by atoms with van der Waals surface area (Å²) >= 11 is 1.11. The maximum absolute atomic E-state index is 15.4. The third kappa shape index (κ3) is 2.51. The van der Waals surface area contributed by atoms with Crippen molar-refractivity contribution in [2.45, 2.75) is 31.6 Å². The summed E-state index contributed by atoms with van der Waals surface area (Å²) in [7, 11) is 0. The van der Waals surface area contributed by atoms with E-state index < -0.39 is 28.9 Å². The van der Waals surface area contributed by atoms with Gasteiger partial charge in [-0.15, -0.1) is 11.3 Å². The van der Waals surface area contributed by atoms with Crippen LogP contribution in [0.2, 0.25) is 0 Å². The molecule has 0 spiro atoms. The van der Waals surface area contributed by atoms with E-state index in [1.807, 2.05) is 0 Å². The van der Waals surface area contributed by atoms with Gasteiger partial charge in [-0.3, -0.25) is 0 Å². The molecule has 0 aliphatic heterocycles. The van der Waals surface area contributed by atoms with Gasteiger partial charge in [0.2, 0.25) is 0 Å². The summed E-state index contributed by atoms with van der Waals surface area (Å²) in [5.41, 5.74) is -2.87. The van der Waals surface area contributed by atoms with Crippen LogP contribution in [0.25, 0.3) is 32.0 Å². The number of benzene rings is 3. The largest absolute Gasteiger partial charge is 0.380 e. The molecule has 0 radical (unpaired) electrons. The topological polar surface area (TPSA) is 0 Å². The van der Waals surface area contributed by atoms with E-state index in [0.717, 1.165) is 11.3 Å². The van der Waals surface area contributed by atoms with Gasteiger partial charge < -0.3 is 0 Å². The molecule has 32 heavy (non-hydrogen) atoms. The molecular formula is C25H16F6S. The predicted molar refractivity (Wildman–Crippen MR) is 117 cm³/mol. The first kappa shape index (κ1) is 21.1. The maximum Gasteiger partial charge on any atom is 0.380 e. The van der Waals surface area contributed by atoms with E-state index in [9.17, 15) is 8.78 Å². The molecule has 0 atom stereocenters. The van der Waals surface area contributed by atoms with Crippen LogP contribution in [0.15, 0.2) is 60.7 Å². The first-order chi connectivity index (χ1) is 15.0. The number of alkyl halides is 6. The van der Waals surface area contributed by atoms with Crippen molar-refractivity contribution in [2.75, 3.05) is 0 Å². The number of hydrogen-bond acceptors (Lipinski definition) is 1. The molecule has 0 N–H and O–H groups in total. The number of thiophene rings is 1. The number of hydrogen-bond donors (Lipinski definition) is 0. The molecule has 1 aliphatic rings. The zero-order valence-electron chi connectivity index (χ0n) is 16.9. The van der Waals surface area contributed by atoms with Gasteiger partial charge in [0.1, 0.15) is 0 Å². The van der Waals surface area contributed by atoms with Crippen molar-refractivity contribution in [1.82, 2.24) is 0 Å². The van der Waals surface area contributed by atoms with E-state index in [-0.39, 0.29) is 32.3 Å². The number of fused-ring (bicyclic) bond motifs is 2. The Morgan fingerprint density at radius 3 is 1.88 bits per heavy atom. The third-order valence-electron chi connectivity index (χ3n) is 6.08. The van der Waals surface area contributed by atoms with Gasteiger partial charge in [0.25, 0.3) is 0 Å². The number of aryl methyl sites for hydroxylation is 2. The van der Waals surface area contributed by atoms with Gasteiger partial charge in [-0.2, -0.15) is 26.3 Å². The Kier molecular flexibility index (Phi) is 4.35. The second kappa shape index (κ2) is 6.61. The summed E-state index contributed by atoms with van der Waals surface area (Å²) in [4.78, 5) is 0.282. The normalized spacial score (nSPS) is 19.2. The quantitative estimate of drug-likeness (QED) is 0.262. The molecule has 1 aromatic heterocycles. The highest BCUT2D eigenvalue weighted by Gasteiger charge is 2.80. The molecule has 0 saturated carbocycles. The van der Waals surface area contributed by atoms with Crippen molar-refractivity contribution >= 4 is 43.3 Å². The highest BCUT2D eigenvalue weighted by atomic mass is 32.1.